The summed E-state index contributed by atoms with van der Waals surface area (Å²) in [6.07, 6.45) is 0. The zero-order valence-electron chi connectivity index (χ0n) is 9.56. The summed E-state index contributed by atoms with van der Waals surface area (Å²) in [5.74, 6) is -0.590. The lowest BCUT2D eigenvalue weighted by atomic mass is 10.2. The Balaban J connectivity index is 2.85. The molecule has 0 unspecified atom stereocenters. The van der Waals surface area contributed by atoms with E-state index in [4.69, 9.17) is 0 Å². The number of nitrogens with zero attached hydrogens (tertiary/aromatic N) is 1. The van der Waals surface area contributed by atoms with Gasteiger partial charge in [-0.15, -0.1) is 0 Å². The van der Waals surface area contributed by atoms with E-state index in [1.807, 2.05) is 30.3 Å². The highest BCUT2D eigenvalue weighted by Gasteiger charge is 2.18. The van der Waals surface area contributed by atoms with Crippen LogP contribution in [0.3, 0.4) is 0 Å². The lowest BCUT2D eigenvalue weighted by Crippen LogP contribution is -2.34. The molecule has 0 saturated carbocycles. The Labute approximate surface area is 95.4 Å². The molecule has 2 amide bonds. The molecule has 16 heavy (non-hydrogen) atoms. The molecule has 0 fully saturated rings. The van der Waals surface area contributed by atoms with E-state index in [1.165, 1.54) is 11.8 Å². The summed E-state index contributed by atoms with van der Waals surface area (Å²) in [6.45, 7) is 6.83. The summed E-state index contributed by atoms with van der Waals surface area (Å²) in [7, 11) is 0. The maximum absolute atomic E-state index is 11.7. The third kappa shape index (κ3) is 3.05. The summed E-state index contributed by atoms with van der Waals surface area (Å²) in [5, 5.41) is 0. The first-order valence-electron chi connectivity index (χ1n) is 5.04. The molecule has 0 aliphatic heterocycles. The van der Waals surface area contributed by atoms with Gasteiger partial charge in [0.25, 0.3) is 5.91 Å². The number of amides is 2. The van der Waals surface area contributed by atoms with Crippen molar-refractivity contribution in [3.8, 4) is 0 Å². The van der Waals surface area contributed by atoms with Crippen LogP contribution in [0.2, 0.25) is 0 Å². The van der Waals surface area contributed by atoms with Gasteiger partial charge in [-0.2, -0.15) is 0 Å². The van der Waals surface area contributed by atoms with Gasteiger partial charge in [-0.3, -0.25) is 14.5 Å². The molecule has 0 heterocycles. The zero-order valence-corrected chi connectivity index (χ0v) is 9.56. The van der Waals surface area contributed by atoms with E-state index in [1.54, 1.807) is 6.92 Å². The SMILES string of the molecule is C=C(C)C(=O)N(Cc1ccccc1)C(C)=O. The van der Waals surface area contributed by atoms with Crippen molar-refractivity contribution >= 4 is 11.8 Å². The number of carbonyl (C=O) groups is 2. The van der Waals surface area contributed by atoms with Crippen LogP contribution in [0.25, 0.3) is 0 Å². The van der Waals surface area contributed by atoms with E-state index < -0.39 is 0 Å². The van der Waals surface area contributed by atoms with Crippen LogP contribution in [-0.2, 0) is 16.1 Å². The number of imide groups is 1. The van der Waals surface area contributed by atoms with Crippen LogP contribution >= 0.6 is 0 Å². The van der Waals surface area contributed by atoms with Crippen molar-refractivity contribution in [1.82, 2.24) is 4.90 Å². The minimum absolute atomic E-state index is 0.267. The molecule has 1 aromatic carbocycles. The van der Waals surface area contributed by atoms with Gasteiger partial charge < -0.3 is 0 Å². The molecular formula is C13H15NO2. The Kier molecular flexibility index (Phi) is 4.00. The van der Waals surface area contributed by atoms with E-state index in [9.17, 15) is 9.59 Å². The fraction of sp³-hybridized carbons (Fsp3) is 0.231. The number of rotatable bonds is 3. The lowest BCUT2D eigenvalue weighted by molar-refractivity contribution is -0.141. The second-order valence-electron chi connectivity index (χ2n) is 3.68. The van der Waals surface area contributed by atoms with Gasteiger partial charge in [0.1, 0.15) is 0 Å². The zero-order chi connectivity index (χ0) is 12.1. The van der Waals surface area contributed by atoms with Gasteiger partial charge in [0, 0.05) is 12.5 Å². The van der Waals surface area contributed by atoms with Crippen LogP contribution in [0, 0.1) is 0 Å². The molecule has 3 heteroatoms. The van der Waals surface area contributed by atoms with E-state index in [2.05, 4.69) is 6.58 Å². The predicted molar refractivity (Wildman–Crippen MR) is 62.5 cm³/mol. The molecule has 0 N–H and O–H groups in total. The summed E-state index contributed by atoms with van der Waals surface area (Å²) < 4.78 is 0. The van der Waals surface area contributed by atoms with Gasteiger partial charge >= 0.3 is 0 Å². The number of hydrogen-bond donors (Lipinski definition) is 0. The van der Waals surface area contributed by atoms with Crippen molar-refractivity contribution in [1.29, 1.82) is 0 Å². The van der Waals surface area contributed by atoms with E-state index in [0.717, 1.165) is 5.56 Å². The molecule has 0 aliphatic rings. The Morgan fingerprint density at radius 2 is 1.75 bits per heavy atom. The second kappa shape index (κ2) is 5.26. The monoisotopic (exact) mass is 217 g/mol. The normalized spacial score (nSPS) is 9.62. The Morgan fingerprint density at radius 3 is 2.19 bits per heavy atom. The second-order valence-corrected chi connectivity index (χ2v) is 3.68. The molecule has 0 saturated heterocycles. The molecule has 0 atom stereocenters. The van der Waals surface area contributed by atoms with Crippen LogP contribution in [0.1, 0.15) is 19.4 Å². The fourth-order valence-electron chi connectivity index (χ4n) is 1.32. The molecule has 0 spiro atoms. The molecule has 1 rings (SSSR count). The largest absolute Gasteiger partial charge is 0.275 e. The first-order valence-corrected chi connectivity index (χ1v) is 5.04. The third-order valence-electron chi connectivity index (χ3n) is 2.17. The van der Waals surface area contributed by atoms with Gasteiger partial charge in [0.2, 0.25) is 5.91 Å². The van der Waals surface area contributed by atoms with Crippen molar-refractivity contribution in [3.63, 3.8) is 0 Å². The fourth-order valence-corrected chi connectivity index (χ4v) is 1.32. The van der Waals surface area contributed by atoms with E-state index >= 15 is 0 Å². The van der Waals surface area contributed by atoms with Crippen LogP contribution in [0.15, 0.2) is 42.5 Å². The Morgan fingerprint density at radius 1 is 1.19 bits per heavy atom. The maximum atomic E-state index is 11.7. The first kappa shape index (κ1) is 12.2. The smallest absolute Gasteiger partial charge is 0.255 e. The van der Waals surface area contributed by atoms with E-state index in [0.29, 0.717) is 12.1 Å². The summed E-state index contributed by atoms with van der Waals surface area (Å²) in [6, 6.07) is 9.39. The van der Waals surface area contributed by atoms with Crippen molar-refractivity contribution in [3.05, 3.63) is 48.0 Å². The predicted octanol–water partition coefficient (Wildman–Crippen LogP) is 2.14. The van der Waals surface area contributed by atoms with Crippen LogP contribution in [0.5, 0.6) is 0 Å². The van der Waals surface area contributed by atoms with Crippen LogP contribution < -0.4 is 0 Å². The molecule has 0 radical (unpaired) electrons. The van der Waals surface area contributed by atoms with Crippen molar-refractivity contribution < 1.29 is 9.59 Å². The molecule has 3 nitrogen and oxygen atoms in total. The summed E-state index contributed by atoms with van der Waals surface area (Å²) in [4.78, 5) is 24.2. The minimum atomic E-state index is -0.323. The highest BCUT2D eigenvalue weighted by Crippen LogP contribution is 2.07. The molecule has 0 aromatic heterocycles. The molecule has 0 aliphatic carbocycles. The van der Waals surface area contributed by atoms with Crippen molar-refractivity contribution in [2.24, 2.45) is 0 Å². The van der Waals surface area contributed by atoms with Crippen molar-refractivity contribution in [2.45, 2.75) is 20.4 Å². The number of carbonyl (C=O) groups excluding carboxylic acids is 2. The van der Waals surface area contributed by atoms with Gasteiger partial charge in [-0.25, -0.2) is 0 Å². The van der Waals surface area contributed by atoms with Gasteiger partial charge in [0.15, 0.2) is 0 Å². The van der Waals surface area contributed by atoms with Gasteiger partial charge in [-0.05, 0) is 12.5 Å². The number of benzene rings is 1. The molecule has 84 valence electrons. The third-order valence-corrected chi connectivity index (χ3v) is 2.17. The molecule has 1 aromatic rings. The highest BCUT2D eigenvalue weighted by atomic mass is 16.2. The molecule has 0 bridgehead atoms. The standard InChI is InChI=1S/C13H15NO2/c1-10(2)13(16)14(11(3)15)9-12-7-5-4-6-8-12/h4-8H,1,9H2,2-3H3. The van der Waals surface area contributed by atoms with Crippen molar-refractivity contribution in [2.75, 3.05) is 0 Å². The van der Waals surface area contributed by atoms with E-state index in [-0.39, 0.29) is 11.8 Å². The van der Waals surface area contributed by atoms with Crippen LogP contribution in [0.4, 0.5) is 0 Å². The molecular weight excluding hydrogens is 202 g/mol. The lowest BCUT2D eigenvalue weighted by Gasteiger charge is -2.19. The summed E-state index contributed by atoms with van der Waals surface area (Å²) in [5.41, 5.74) is 1.29. The van der Waals surface area contributed by atoms with Gasteiger partial charge in [-0.1, -0.05) is 36.9 Å². The van der Waals surface area contributed by atoms with Crippen LogP contribution in [-0.4, -0.2) is 16.7 Å². The highest BCUT2D eigenvalue weighted by molar-refractivity contribution is 6.02. The minimum Gasteiger partial charge on any atom is -0.275 e. The maximum Gasteiger partial charge on any atom is 0.255 e. The van der Waals surface area contributed by atoms with Gasteiger partial charge in [0.05, 0.1) is 6.54 Å². The average molecular weight is 217 g/mol. The average Bonchev–Trinajstić information content (AvgIpc) is 2.26. The number of hydrogen-bond acceptors (Lipinski definition) is 2. The Hall–Kier alpha value is -1.90. The Bertz CT molecular complexity index is 409. The summed E-state index contributed by atoms with van der Waals surface area (Å²) >= 11 is 0. The first-order chi connectivity index (χ1) is 7.52. The topological polar surface area (TPSA) is 37.4 Å². The quantitative estimate of drug-likeness (QED) is 0.727.